The zero-order chi connectivity index (χ0) is 12.2. The van der Waals surface area contributed by atoms with Crippen LogP contribution in [-0.2, 0) is 10.0 Å². The molecule has 7 nitrogen and oxygen atoms in total. The van der Waals surface area contributed by atoms with Crippen LogP contribution in [0.1, 0.15) is 0 Å². The molecule has 0 fully saturated rings. The minimum absolute atomic E-state index is 0.287. The number of anilines is 1. The molecule has 0 spiro atoms. The quantitative estimate of drug-likeness (QED) is 0.496. The van der Waals surface area contributed by atoms with Crippen molar-refractivity contribution >= 4 is 21.4 Å². The SMILES string of the molecule is COc1cc(N=[N+]=[N-])ccc1NS(C)(=O)=O. The third-order valence-corrected chi connectivity index (χ3v) is 2.23. The highest BCUT2D eigenvalue weighted by Gasteiger charge is 2.08. The zero-order valence-corrected chi connectivity index (χ0v) is 9.52. The van der Waals surface area contributed by atoms with Crippen molar-refractivity contribution in [2.24, 2.45) is 5.11 Å². The highest BCUT2D eigenvalue weighted by Crippen LogP contribution is 2.29. The second-order valence-corrected chi connectivity index (χ2v) is 4.70. The molecule has 1 aromatic rings. The fourth-order valence-electron chi connectivity index (χ4n) is 1.08. The lowest BCUT2D eigenvalue weighted by atomic mass is 10.2. The number of hydrogen-bond acceptors (Lipinski definition) is 4. The summed E-state index contributed by atoms with van der Waals surface area (Å²) in [5.74, 6) is 0.287. The van der Waals surface area contributed by atoms with Crippen molar-refractivity contribution in [3.63, 3.8) is 0 Å². The maximum Gasteiger partial charge on any atom is 0.229 e. The van der Waals surface area contributed by atoms with Crippen molar-refractivity contribution in [3.05, 3.63) is 28.6 Å². The first-order valence-corrected chi connectivity index (χ1v) is 6.06. The lowest BCUT2D eigenvalue weighted by Crippen LogP contribution is -2.10. The molecular weight excluding hydrogens is 232 g/mol. The van der Waals surface area contributed by atoms with Crippen LogP contribution in [0.4, 0.5) is 11.4 Å². The molecule has 0 aliphatic carbocycles. The van der Waals surface area contributed by atoms with Crippen LogP contribution in [0.25, 0.3) is 10.4 Å². The first-order chi connectivity index (χ1) is 7.46. The molecule has 0 aliphatic rings. The number of nitrogens with one attached hydrogen (secondary N) is 1. The van der Waals surface area contributed by atoms with E-state index in [1.165, 1.54) is 25.3 Å². The molecule has 0 aromatic heterocycles. The van der Waals surface area contributed by atoms with Gasteiger partial charge in [0.1, 0.15) is 5.75 Å². The molecule has 1 N–H and O–H groups in total. The van der Waals surface area contributed by atoms with Gasteiger partial charge in [-0.05, 0) is 17.7 Å². The van der Waals surface area contributed by atoms with E-state index in [0.717, 1.165) is 6.26 Å². The lowest BCUT2D eigenvalue weighted by Gasteiger charge is -2.09. The van der Waals surface area contributed by atoms with Gasteiger partial charge in [-0.25, -0.2) is 8.42 Å². The van der Waals surface area contributed by atoms with E-state index in [2.05, 4.69) is 14.7 Å². The fraction of sp³-hybridized carbons (Fsp3) is 0.250. The molecule has 0 amide bonds. The van der Waals surface area contributed by atoms with Gasteiger partial charge in [0.2, 0.25) is 10.0 Å². The Morgan fingerprint density at radius 2 is 2.19 bits per heavy atom. The average molecular weight is 242 g/mol. The van der Waals surface area contributed by atoms with Gasteiger partial charge in [-0.3, -0.25) is 4.72 Å². The number of methoxy groups -OCH3 is 1. The predicted octanol–water partition coefficient (Wildman–Crippen LogP) is 2.01. The first kappa shape index (κ1) is 12.2. The number of hydrogen-bond donors (Lipinski definition) is 1. The van der Waals surface area contributed by atoms with E-state index < -0.39 is 10.0 Å². The highest BCUT2D eigenvalue weighted by atomic mass is 32.2. The standard InChI is InChI=1S/C8H10N4O3S/c1-15-8-5-6(10-12-9)3-4-7(8)11-16(2,13)14/h3-5,11H,1-2H3. The molecule has 0 radical (unpaired) electrons. The van der Waals surface area contributed by atoms with E-state index in [9.17, 15) is 8.42 Å². The molecular formula is C8H10N4O3S. The Morgan fingerprint density at radius 1 is 1.50 bits per heavy atom. The molecule has 16 heavy (non-hydrogen) atoms. The van der Waals surface area contributed by atoms with Crippen LogP contribution in [0.2, 0.25) is 0 Å². The van der Waals surface area contributed by atoms with Gasteiger partial charge in [0.05, 0.1) is 19.1 Å². The van der Waals surface area contributed by atoms with E-state index >= 15 is 0 Å². The molecule has 0 bridgehead atoms. The van der Waals surface area contributed by atoms with Crippen LogP contribution in [0.5, 0.6) is 5.75 Å². The average Bonchev–Trinajstić information content (AvgIpc) is 2.18. The molecule has 0 aliphatic heterocycles. The van der Waals surface area contributed by atoms with Crippen LogP contribution in [0.15, 0.2) is 23.3 Å². The number of benzene rings is 1. The van der Waals surface area contributed by atoms with Gasteiger partial charge < -0.3 is 4.74 Å². The Kier molecular flexibility index (Phi) is 3.60. The normalized spacial score (nSPS) is 10.4. The van der Waals surface area contributed by atoms with Crippen molar-refractivity contribution in [1.29, 1.82) is 0 Å². The van der Waals surface area contributed by atoms with Gasteiger partial charge >= 0.3 is 0 Å². The smallest absolute Gasteiger partial charge is 0.229 e. The number of azide groups is 1. The van der Waals surface area contributed by atoms with Crippen molar-refractivity contribution in [3.8, 4) is 5.75 Å². The molecule has 0 saturated carbocycles. The topological polar surface area (TPSA) is 104 Å². The Bertz CT molecular complexity index is 534. The van der Waals surface area contributed by atoms with Gasteiger partial charge in [0.25, 0.3) is 0 Å². The summed E-state index contributed by atoms with van der Waals surface area (Å²) in [6.45, 7) is 0. The Morgan fingerprint density at radius 3 is 2.69 bits per heavy atom. The lowest BCUT2D eigenvalue weighted by molar-refractivity contribution is 0.417. The summed E-state index contributed by atoms with van der Waals surface area (Å²) in [5.41, 5.74) is 8.88. The number of rotatable bonds is 4. The van der Waals surface area contributed by atoms with E-state index in [-0.39, 0.29) is 5.75 Å². The summed E-state index contributed by atoms with van der Waals surface area (Å²) in [7, 11) is -1.98. The number of ether oxygens (including phenoxy) is 1. The third kappa shape index (κ3) is 3.34. The molecule has 8 heteroatoms. The van der Waals surface area contributed by atoms with Gasteiger partial charge in [-0.2, -0.15) is 0 Å². The fourth-order valence-corrected chi connectivity index (χ4v) is 1.65. The Balaban J connectivity index is 3.16. The van der Waals surface area contributed by atoms with E-state index in [0.29, 0.717) is 11.4 Å². The molecule has 0 saturated heterocycles. The molecule has 86 valence electrons. The van der Waals surface area contributed by atoms with Crippen LogP contribution >= 0.6 is 0 Å². The zero-order valence-electron chi connectivity index (χ0n) is 8.71. The van der Waals surface area contributed by atoms with E-state index in [1.54, 1.807) is 0 Å². The summed E-state index contributed by atoms with van der Waals surface area (Å²) >= 11 is 0. The monoisotopic (exact) mass is 242 g/mol. The van der Waals surface area contributed by atoms with Crippen molar-refractivity contribution in [2.45, 2.75) is 0 Å². The summed E-state index contributed by atoms with van der Waals surface area (Å²) in [4.78, 5) is 2.62. The summed E-state index contributed by atoms with van der Waals surface area (Å²) in [5, 5.41) is 3.38. The number of sulfonamides is 1. The van der Waals surface area contributed by atoms with Crippen LogP contribution < -0.4 is 9.46 Å². The Labute approximate surface area is 92.7 Å². The molecule has 0 unspecified atom stereocenters. The van der Waals surface area contributed by atoms with Gasteiger partial charge in [0, 0.05) is 10.6 Å². The van der Waals surface area contributed by atoms with Gasteiger partial charge in [0.15, 0.2) is 0 Å². The summed E-state index contributed by atoms with van der Waals surface area (Å²) < 4.78 is 29.3. The van der Waals surface area contributed by atoms with Crippen LogP contribution in [-0.4, -0.2) is 21.8 Å². The van der Waals surface area contributed by atoms with E-state index in [4.69, 9.17) is 10.3 Å². The second kappa shape index (κ2) is 4.73. The molecule has 0 atom stereocenters. The molecule has 1 aromatic carbocycles. The van der Waals surface area contributed by atoms with E-state index in [1.807, 2.05) is 0 Å². The first-order valence-electron chi connectivity index (χ1n) is 4.17. The van der Waals surface area contributed by atoms with Crippen LogP contribution in [0, 0.1) is 0 Å². The predicted molar refractivity (Wildman–Crippen MR) is 60.3 cm³/mol. The molecule has 0 heterocycles. The van der Waals surface area contributed by atoms with Crippen molar-refractivity contribution in [2.75, 3.05) is 18.1 Å². The minimum Gasteiger partial charge on any atom is -0.495 e. The van der Waals surface area contributed by atoms with Crippen molar-refractivity contribution < 1.29 is 13.2 Å². The second-order valence-electron chi connectivity index (χ2n) is 2.95. The van der Waals surface area contributed by atoms with Crippen LogP contribution in [0.3, 0.4) is 0 Å². The minimum atomic E-state index is -3.37. The number of nitrogens with zero attached hydrogens (tertiary/aromatic N) is 3. The maximum atomic E-state index is 11.0. The summed E-state index contributed by atoms with van der Waals surface area (Å²) in [6, 6.07) is 4.38. The third-order valence-electron chi connectivity index (χ3n) is 1.64. The van der Waals surface area contributed by atoms with Gasteiger partial charge in [-0.15, -0.1) is 0 Å². The summed E-state index contributed by atoms with van der Waals surface area (Å²) in [6.07, 6.45) is 1.04. The Hall–Kier alpha value is -1.92. The largest absolute Gasteiger partial charge is 0.495 e. The maximum absolute atomic E-state index is 11.0. The highest BCUT2D eigenvalue weighted by molar-refractivity contribution is 7.92. The van der Waals surface area contributed by atoms with Crippen molar-refractivity contribution in [1.82, 2.24) is 0 Å². The molecule has 1 rings (SSSR count). The van der Waals surface area contributed by atoms with Gasteiger partial charge in [-0.1, -0.05) is 11.2 Å².